The van der Waals surface area contributed by atoms with E-state index in [1.54, 1.807) is 30.7 Å². The average molecular weight is 285 g/mol. The molecule has 5 heteroatoms. The fourth-order valence-corrected chi connectivity index (χ4v) is 1.84. The smallest absolute Gasteiger partial charge is 0.338 e. The molecule has 1 heterocycles. The van der Waals surface area contributed by atoms with Gasteiger partial charge in [0.1, 0.15) is 0 Å². The molecule has 21 heavy (non-hydrogen) atoms. The molecule has 1 atom stereocenters. The van der Waals surface area contributed by atoms with Gasteiger partial charge in [0.25, 0.3) is 0 Å². The van der Waals surface area contributed by atoms with Crippen LogP contribution < -0.4 is 5.32 Å². The molecule has 1 aromatic carbocycles. The van der Waals surface area contributed by atoms with Crippen LogP contribution in [0.15, 0.2) is 42.9 Å². The van der Waals surface area contributed by atoms with Gasteiger partial charge in [-0.1, -0.05) is 6.92 Å². The maximum Gasteiger partial charge on any atom is 0.338 e. The molecule has 0 radical (unpaired) electrons. The minimum Gasteiger partial charge on any atom is -0.462 e. The third kappa shape index (κ3) is 4.27. The largest absolute Gasteiger partial charge is 0.462 e. The highest BCUT2D eigenvalue weighted by atomic mass is 16.5. The molecule has 0 aliphatic heterocycles. The number of benzene rings is 1. The summed E-state index contributed by atoms with van der Waals surface area (Å²) >= 11 is 0. The van der Waals surface area contributed by atoms with Gasteiger partial charge in [0.15, 0.2) is 0 Å². The molecule has 5 nitrogen and oxygen atoms in total. The lowest BCUT2D eigenvalue weighted by molar-refractivity contribution is 0.0505. The normalized spacial score (nSPS) is 11.7. The molecule has 0 aliphatic carbocycles. The number of ether oxygens (including phenoxy) is 1. The van der Waals surface area contributed by atoms with Gasteiger partial charge in [-0.05, 0) is 37.6 Å². The fourth-order valence-electron chi connectivity index (χ4n) is 1.84. The van der Waals surface area contributed by atoms with E-state index < -0.39 is 0 Å². The Kier molecular flexibility index (Phi) is 5.26. The second-order valence-corrected chi connectivity index (χ2v) is 4.71. The molecule has 0 aliphatic rings. The molecular formula is C16H19N3O2. The molecule has 0 saturated heterocycles. The monoisotopic (exact) mass is 285 g/mol. The van der Waals surface area contributed by atoms with Gasteiger partial charge in [-0.25, -0.2) is 4.79 Å². The van der Waals surface area contributed by atoms with E-state index in [2.05, 4.69) is 15.3 Å². The van der Waals surface area contributed by atoms with Gasteiger partial charge in [-0.2, -0.15) is 0 Å². The number of anilines is 1. The Morgan fingerprint density at radius 2 is 2.05 bits per heavy atom. The first-order valence-electron chi connectivity index (χ1n) is 7.00. The summed E-state index contributed by atoms with van der Waals surface area (Å²) in [5.74, 6) is -0.287. The highest BCUT2D eigenvalue weighted by molar-refractivity contribution is 5.89. The Hall–Kier alpha value is -2.43. The number of nitrogens with zero attached hydrogens (tertiary/aromatic N) is 2. The van der Waals surface area contributed by atoms with Crippen molar-refractivity contribution >= 4 is 11.7 Å². The molecule has 1 N–H and O–H groups in total. The van der Waals surface area contributed by atoms with Crippen molar-refractivity contribution in [1.29, 1.82) is 0 Å². The van der Waals surface area contributed by atoms with E-state index >= 15 is 0 Å². The van der Waals surface area contributed by atoms with E-state index in [4.69, 9.17) is 4.74 Å². The number of hydrogen-bond donors (Lipinski definition) is 1. The van der Waals surface area contributed by atoms with Crippen molar-refractivity contribution in [2.45, 2.75) is 26.3 Å². The maximum atomic E-state index is 11.7. The van der Waals surface area contributed by atoms with Crippen molar-refractivity contribution in [2.75, 3.05) is 11.9 Å². The number of carbonyl (C=O) groups excluding carboxylic acids is 1. The van der Waals surface area contributed by atoms with Gasteiger partial charge >= 0.3 is 5.97 Å². The summed E-state index contributed by atoms with van der Waals surface area (Å²) in [6, 6.07) is 7.26. The first-order valence-corrected chi connectivity index (χ1v) is 7.00. The molecule has 0 fully saturated rings. The van der Waals surface area contributed by atoms with Crippen LogP contribution in [0.1, 0.15) is 42.4 Å². The number of aromatic nitrogens is 2. The van der Waals surface area contributed by atoms with Gasteiger partial charge < -0.3 is 10.1 Å². The summed E-state index contributed by atoms with van der Waals surface area (Å²) in [4.78, 5) is 20.0. The lowest BCUT2D eigenvalue weighted by Crippen LogP contribution is -2.09. The highest BCUT2D eigenvalue weighted by Crippen LogP contribution is 2.17. The number of esters is 1. The Balaban J connectivity index is 1.98. The summed E-state index contributed by atoms with van der Waals surface area (Å²) in [6.07, 6.45) is 5.86. The van der Waals surface area contributed by atoms with Crippen LogP contribution in [-0.4, -0.2) is 22.5 Å². The quantitative estimate of drug-likeness (QED) is 0.826. The van der Waals surface area contributed by atoms with E-state index in [0.717, 1.165) is 17.8 Å². The maximum absolute atomic E-state index is 11.7. The molecule has 0 amide bonds. The van der Waals surface area contributed by atoms with Crippen LogP contribution in [-0.2, 0) is 4.74 Å². The highest BCUT2D eigenvalue weighted by Gasteiger charge is 2.09. The van der Waals surface area contributed by atoms with Gasteiger partial charge in [0.05, 0.1) is 30.1 Å². The lowest BCUT2D eigenvalue weighted by Gasteiger charge is -2.14. The van der Waals surface area contributed by atoms with Gasteiger partial charge in [0.2, 0.25) is 0 Å². The molecular weight excluding hydrogens is 266 g/mol. The Labute approximate surface area is 124 Å². The van der Waals surface area contributed by atoms with Crippen LogP contribution in [0, 0.1) is 0 Å². The molecule has 1 unspecified atom stereocenters. The van der Waals surface area contributed by atoms with Crippen LogP contribution in [0.5, 0.6) is 0 Å². The Bertz CT molecular complexity index is 570. The van der Waals surface area contributed by atoms with Gasteiger partial charge in [-0.15, -0.1) is 0 Å². The predicted molar refractivity (Wildman–Crippen MR) is 81.1 cm³/mol. The zero-order valence-electron chi connectivity index (χ0n) is 12.2. The van der Waals surface area contributed by atoms with Crippen LogP contribution >= 0.6 is 0 Å². The lowest BCUT2D eigenvalue weighted by atomic mass is 10.2. The van der Waals surface area contributed by atoms with Crippen molar-refractivity contribution in [3.63, 3.8) is 0 Å². The topological polar surface area (TPSA) is 64.1 Å². The van der Waals surface area contributed by atoms with E-state index in [9.17, 15) is 4.79 Å². The fraction of sp³-hybridized carbons (Fsp3) is 0.312. The molecule has 0 bridgehead atoms. The number of nitrogens with one attached hydrogen (secondary N) is 1. The van der Waals surface area contributed by atoms with E-state index in [-0.39, 0.29) is 12.0 Å². The van der Waals surface area contributed by atoms with Crippen molar-refractivity contribution in [1.82, 2.24) is 9.97 Å². The summed E-state index contributed by atoms with van der Waals surface area (Å²) in [5, 5.41) is 3.31. The molecule has 2 aromatic rings. The Morgan fingerprint density at radius 1 is 1.29 bits per heavy atom. The van der Waals surface area contributed by atoms with Crippen LogP contribution in [0.3, 0.4) is 0 Å². The molecule has 2 rings (SSSR count). The third-order valence-corrected chi connectivity index (χ3v) is 2.97. The summed E-state index contributed by atoms with van der Waals surface area (Å²) < 4.78 is 5.09. The molecule has 0 saturated carbocycles. The van der Waals surface area contributed by atoms with Gasteiger partial charge in [-0.3, -0.25) is 9.97 Å². The second kappa shape index (κ2) is 7.38. The molecule has 1 aromatic heterocycles. The van der Waals surface area contributed by atoms with E-state index in [1.165, 1.54) is 0 Å². The zero-order chi connectivity index (χ0) is 15.1. The minimum absolute atomic E-state index is 0.0385. The van der Waals surface area contributed by atoms with Crippen molar-refractivity contribution in [3.05, 3.63) is 54.1 Å². The zero-order valence-corrected chi connectivity index (χ0v) is 12.2. The van der Waals surface area contributed by atoms with E-state index in [1.807, 2.05) is 26.0 Å². The Morgan fingerprint density at radius 3 is 2.67 bits per heavy atom. The van der Waals surface area contributed by atoms with Crippen LogP contribution in [0.4, 0.5) is 5.69 Å². The predicted octanol–water partition coefficient (Wildman–Crippen LogP) is 3.22. The van der Waals surface area contributed by atoms with Crippen molar-refractivity contribution in [3.8, 4) is 0 Å². The van der Waals surface area contributed by atoms with E-state index in [0.29, 0.717) is 12.2 Å². The second-order valence-electron chi connectivity index (χ2n) is 4.71. The molecule has 110 valence electrons. The SMILES string of the molecule is CCCOC(=O)c1ccc(NC(C)c2cnccn2)cc1. The number of carbonyl (C=O) groups is 1. The molecule has 0 spiro atoms. The first kappa shape index (κ1) is 15.0. The average Bonchev–Trinajstić information content (AvgIpc) is 2.54. The summed E-state index contributed by atoms with van der Waals surface area (Å²) in [6.45, 7) is 4.42. The van der Waals surface area contributed by atoms with Gasteiger partial charge in [0, 0.05) is 18.1 Å². The van der Waals surface area contributed by atoms with Crippen molar-refractivity contribution < 1.29 is 9.53 Å². The van der Waals surface area contributed by atoms with Crippen molar-refractivity contribution in [2.24, 2.45) is 0 Å². The standard InChI is InChI=1S/C16H19N3O2/c1-3-10-21-16(20)13-4-6-14(7-5-13)19-12(2)15-11-17-8-9-18-15/h4-9,11-12,19H,3,10H2,1-2H3. The first-order chi connectivity index (χ1) is 10.2. The summed E-state index contributed by atoms with van der Waals surface area (Å²) in [7, 11) is 0. The minimum atomic E-state index is -0.287. The third-order valence-electron chi connectivity index (χ3n) is 2.97. The van der Waals surface area contributed by atoms with Crippen LogP contribution in [0.25, 0.3) is 0 Å². The number of rotatable bonds is 6. The van der Waals surface area contributed by atoms with Crippen LogP contribution in [0.2, 0.25) is 0 Å². The number of hydrogen-bond acceptors (Lipinski definition) is 5. The summed E-state index contributed by atoms with van der Waals surface area (Å²) in [5.41, 5.74) is 2.34.